The number of allylic oxidation sites excluding steroid dienone is 2. The Morgan fingerprint density at radius 1 is 1.33 bits per heavy atom. The first-order valence-electron chi connectivity index (χ1n) is 6.94. The quantitative estimate of drug-likeness (QED) is 0.768. The Morgan fingerprint density at radius 2 is 2.17 bits per heavy atom. The standard InChI is InChI=1S/C16H22FN/c1-2-16(14-10-6-7-11-15(14)17)18-12-13-8-4-3-5-9-13/h3-4,6-7,10-11,13,16,18H,2,5,8-9,12H2,1H3. The van der Waals surface area contributed by atoms with Crippen LogP contribution in [0.25, 0.3) is 0 Å². The van der Waals surface area contributed by atoms with Crippen molar-refractivity contribution in [2.24, 2.45) is 5.92 Å². The lowest BCUT2D eigenvalue weighted by Gasteiger charge is -2.23. The van der Waals surface area contributed by atoms with Crippen LogP contribution in [0.4, 0.5) is 4.39 Å². The van der Waals surface area contributed by atoms with E-state index in [0.717, 1.165) is 24.9 Å². The highest BCUT2D eigenvalue weighted by atomic mass is 19.1. The molecule has 0 saturated heterocycles. The lowest BCUT2D eigenvalue weighted by Crippen LogP contribution is -2.28. The highest BCUT2D eigenvalue weighted by Crippen LogP contribution is 2.22. The molecule has 0 spiro atoms. The van der Waals surface area contributed by atoms with Crippen LogP contribution in [0.15, 0.2) is 36.4 Å². The maximum atomic E-state index is 13.7. The summed E-state index contributed by atoms with van der Waals surface area (Å²) in [4.78, 5) is 0. The molecule has 1 nitrogen and oxygen atoms in total. The molecular formula is C16H22FN. The lowest BCUT2D eigenvalue weighted by atomic mass is 9.93. The van der Waals surface area contributed by atoms with Gasteiger partial charge in [-0.3, -0.25) is 0 Å². The minimum atomic E-state index is -0.0969. The Bertz CT molecular complexity index is 400. The second-order valence-electron chi connectivity index (χ2n) is 5.04. The Labute approximate surface area is 109 Å². The van der Waals surface area contributed by atoms with Gasteiger partial charge in [-0.1, -0.05) is 37.3 Å². The fraction of sp³-hybridized carbons (Fsp3) is 0.500. The number of hydrogen-bond acceptors (Lipinski definition) is 1. The maximum Gasteiger partial charge on any atom is 0.127 e. The zero-order valence-corrected chi connectivity index (χ0v) is 11.0. The zero-order chi connectivity index (χ0) is 12.8. The second-order valence-corrected chi connectivity index (χ2v) is 5.04. The smallest absolute Gasteiger partial charge is 0.127 e. The van der Waals surface area contributed by atoms with E-state index in [4.69, 9.17) is 0 Å². The Balaban J connectivity index is 1.93. The van der Waals surface area contributed by atoms with Crippen molar-refractivity contribution in [3.05, 3.63) is 47.8 Å². The van der Waals surface area contributed by atoms with Crippen LogP contribution in [0.5, 0.6) is 0 Å². The topological polar surface area (TPSA) is 12.0 Å². The average Bonchev–Trinajstić information content (AvgIpc) is 2.42. The van der Waals surface area contributed by atoms with Crippen molar-refractivity contribution >= 4 is 0 Å². The first kappa shape index (κ1) is 13.3. The van der Waals surface area contributed by atoms with Gasteiger partial charge in [0.2, 0.25) is 0 Å². The van der Waals surface area contributed by atoms with Gasteiger partial charge in [-0.2, -0.15) is 0 Å². The normalized spacial score (nSPS) is 20.9. The van der Waals surface area contributed by atoms with Gasteiger partial charge in [0.05, 0.1) is 0 Å². The van der Waals surface area contributed by atoms with Crippen LogP contribution in [-0.4, -0.2) is 6.54 Å². The Hall–Kier alpha value is -1.15. The summed E-state index contributed by atoms with van der Waals surface area (Å²) >= 11 is 0. The van der Waals surface area contributed by atoms with E-state index in [1.807, 2.05) is 12.1 Å². The van der Waals surface area contributed by atoms with Crippen LogP contribution in [0.3, 0.4) is 0 Å². The third-order valence-electron chi connectivity index (χ3n) is 3.72. The van der Waals surface area contributed by atoms with Crippen molar-refractivity contribution in [3.63, 3.8) is 0 Å². The van der Waals surface area contributed by atoms with E-state index in [-0.39, 0.29) is 11.9 Å². The van der Waals surface area contributed by atoms with E-state index in [1.165, 1.54) is 12.8 Å². The van der Waals surface area contributed by atoms with E-state index in [1.54, 1.807) is 12.1 Å². The summed E-state index contributed by atoms with van der Waals surface area (Å²) in [5, 5.41) is 3.52. The van der Waals surface area contributed by atoms with Crippen LogP contribution in [0, 0.1) is 11.7 Å². The first-order chi connectivity index (χ1) is 8.81. The van der Waals surface area contributed by atoms with Crippen molar-refractivity contribution in [3.8, 4) is 0 Å². The van der Waals surface area contributed by atoms with Crippen molar-refractivity contribution in [2.45, 2.75) is 38.6 Å². The monoisotopic (exact) mass is 247 g/mol. The summed E-state index contributed by atoms with van der Waals surface area (Å²) < 4.78 is 13.7. The molecule has 0 bridgehead atoms. The van der Waals surface area contributed by atoms with Gasteiger partial charge in [-0.15, -0.1) is 0 Å². The molecule has 1 N–H and O–H groups in total. The molecule has 0 aromatic heterocycles. The largest absolute Gasteiger partial charge is 0.310 e. The van der Waals surface area contributed by atoms with Crippen LogP contribution in [0.1, 0.15) is 44.2 Å². The van der Waals surface area contributed by atoms with Gasteiger partial charge in [0.15, 0.2) is 0 Å². The number of hydrogen-bond donors (Lipinski definition) is 1. The van der Waals surface area contributed by atoms with Crippen molar-refractivity contribution in [1.29, 1.82) is 0 Å². The molecule has 18 heavy (non-hydrogen) atoms. The third kappa shape index (κ3) is 3.42. The van der Waals surface area contributed by atoms with Crippen molar-refractivity contribution < 1.29 is 4.39 Å². The molecule has 2 atom stereocenters. The van der Waals surface area contributed by atoms with E-state index in [9.17, 15) is 4.39 Å². The molecule has 0 fully saturated rings. The van der Waals surface area contributed by atoms with E-state index >= 15 is 0 Å². The SMILES string of the molecule is CCC(NCC1CC=CCC1)c1ccccc1F. The summed E-state index contributed by atoms with van der Waals surface area (Å²) in [7, 11) is 0. The molecule has 1 aromatic rings. The van der Waals surface area contributed by atoms with Gasteiger partial charge in [-0.25, -0.2) is 4.39 Å². The molecule has 0 saturated carbocycles. The summed E-state index contributed by atoms with van der Waals surface area (Å²) in [6.45, 7) is 3.09. The molecule has 0 heterocycles. The van der Waals surface area contributed by atoms with Crippen LogP contribution < -0.4 is 5.32 Å². The van der Waals surface area contributed by atoms with Gasteiger partial charge in [0, 0.05) is 11.6 Å². The van der Waals surface area contributed by atoms with Crippen LogP contribution in [-0.2, 0) is 0 Å². The summed E-state index contributed by atoms with van der Waals surface area (Å²) in [5.74, 6) is 0.608. The minimum absolute atomic E-state index is 0.0969. The van der Waals surface area contributed by atoms with Gasteiger partial charge in [0.1, 0.15) is 5.82 Å². The molecule has 2 unspecified atom stereocenters. The number of rotatable bonds is 5. The van der Waals surface area contributed by atoms with Gasteiger partial charge in [0.25, 0.3) is 0 Å². The molecule has 1 aliphatic carbocycles. The Morgan fingerprint density at radius 3 is 2.83 bits per heavy atom. The van der Waals surface area contributed by atoms with Gasteiger partial charge < -0.3 is 5.32 Å². The molecule has 2 heteroatoms. The molecule has 98 valence electrons. The molecular weight excluding hydrogens is 225 g/mol. The molecule has 2 rings (SSSR count). The van der Waals surface area contributed by atoms with Crippen molar-refractivity contribution in [2.75, 3.05) is 6.54 Å². The molecule has 1 aromatic carbocycles. The first-order valence-corrected chi connectivity index (χ1v) is 6.94. The fourth-order valence-electron chi connectivity index (χ4n) is 2.58. The maximum absolute atomic E-state index is 13.7. The summed E-state index contributed by atoms with van der Waals surface area (Å²) in [5.41, 5.74) is 0.798. The number of halogens is 1. The van der Waals surface area contributed by atoms with Gasteiger partial charge >= 0.3 is 0 Å². The predicted molar refractivity (Wildman–Crippen MR) is 73.9 cm³/mol. The third-order valence-corrected chi connectivity index (χ3v) is 3.72. The number of nitrogens with one attached hydrogen (secondary N) is 1. The fourth-order valence-corrected chi connectivity index (χ4v) is 2.58. The van der Waals surface area contributed by atoms with Crippen molar-refractivity contribution in [1.82, 2.24) is 5.32 Å². The van der Waals surface area contributed by atoms with E-state index in [2.05, 4.69) is 24.4 Å². The molecule has 0 aliphatic heterocycles. The predicted octanol–water partition coefficient (Wildman–Crippen LogP) is 4.22. The molecule has 0 amide bonds. The van der Waals surface area contributed by atoms with Gasteiger partial charge in [-0.05, 0) is 44.2 Å². The minimum Gasteiger partial charge on any atom is -0.310 e. The highest BCUT2D eigenvalue weighted by Gasteiger charge is 2.16. The van der Waals surface area contributed by atoms with Crippen LogP contribution >= 0.6 is 0 Å². The zero-order valence-electron chi connectivity index (χ0n) is 11.0. The summed E-state index contributed by atoms with van der Waals surface area (Å²) in [6.07, 6.45) is 9.02. The molecule has 1 aliphatic rings. The lowest BCUT2D eigenvalue weighted by molar-refractivity contribution is 0.394. The second kappa shape index (κ2) is 6.69. The van der Waals surface area contributed by atoms with Crippen LogP contribution in [0.2, 0.25) is 0 Å². The number of benzene rings is 1. The Kier molecular flexibility index (Phi) is 4.94. The molecule has 0 radical (unpaired) electrons. The van der Waals surface area contributed by atoms with E-state index in [0.29, 0.717) is 5.92 Å². The van der Waals surface area contributed by atoms with E-state index < -0.39 is 0 Å². The highest BCUT2D eigenvalue weighted by molar-refractivity contribution is 5.21. The average molecular weight is 247 g/mol. The summed E-state index contributed by atoms with van der Waals surface area (Å²) in [6, 6.07) is 7.22.